The monoisotopic (exact) mass is 431 g/mol. The summed E-state index contributed by atoms with van der Waals surface area (Å²) in [5.74, 6) is 1.08. The number of ether oxygens (including phenoxy) is 1. The van der Waals surface area contributed by atoms with Gasteiger partial charge in [-0.3, -0.25) is 9.69 Å². The van der Waals surface area contributed by atoms with Crippen LogP contribution in [0.2, 0.25) is 0 Å². The summed E-state index contributed by atoms with van der Waals surface area (Å²) in [4.78, 5) is 18.2. The topological polar surface area (TPSA) is 36.0 Å². The molecule has 0 aliphatic carbocycles. The average Bonchev–Trinajstić information content (AvgIpc) is 2.83. The molecule has 0 unspecified atom stereocenters. The van der Waals surface area contributed by atoms with E-state index in [1.54, 1.807) is 6.92 Å². The Bertz CT molecular complexity index is 1040. The molecular weight excluding hydrogens is 398 g/mol. The summed E-state index contributed by atoms with van der Waals surface area (Å²) in [6, 6.07) is 23.5. The zero-order valence-corrected chi connectivity index (χ0v) is 19.2. The lowest BCUT2D eigenvalue weighted by Crippen LogP contribution is -2.48. The van der Waals surface area contributed by atoms with Crippen LogP contribution in [0, 0.1) is 0 Å². The van der Waals surface area contributed by atoms with E-state index in [1.165, 1.54) is 22.0 Å². The highest BCUT2D eigenvalue weighted by molar-refractivity contribution is 5.94. The minimum Gasteiger partial charge on any atom is -0.492 e. The van der Waals surface area contributed by atoms with Crippen molar-refractivity contribution < 1.29 is 9.53 Å². The second-order valence-electron chi connectivity index (χ2n) is 8.36. The number of anilines is 1. The van der Waals surface area contributed by atoms with Crippen molar-refractivity contribution in [3.63, 3.8) is 0 Å². The van der Waals surface area contributed by atoms with Crippen LogP contribution in [-0.2, 0) is 11.3 Å². The smallest absolute Gasteiger partial charge is 0.219 e. The number of benzene rings is 3. The summed E-state index contributed by atoms with van der Waals surface area (Å²) in [6.07, 6.45) is 0. The van der Waals surface area contributed by atoms with Gasteiger partial charge in [0.25, 0.3) is 0 Å². The van der Waals surface area contributed by atoms with Gasteiger partial charge in [-0.25, -0.2) is 0 Å². The van der Waals surface area contributed by atoms with Gasteiger partial charge in [0.1, 0.15) is 12.4 Å². The second kappa shape index (κ2) is 10.5. The lowest BCUT2D eigenvalue weighted by Gasteiger charge is -2.34. The zero-order valence-electron chi connectivity index (χ0n) is 19.2. The molecule has 5 nitrogen and oxygen atoms in total. The number of carbonyl (C=O) groups excluding carboxylic acids is 1. The van der Waals surface area contributed by atoms with Crippen molar-refractivity contribution in [1.82, 2.24) is 9.80 Å². The molecule has 168 valence electrons. The first-order valence-corrected chi connectivity index (χ1v) is 11.6. The molecule has 1 heterocycles. The highest BCUT2D eigenvalue weighted by Crippen LogP contribution is 2.28. The van der Waals surface area contributed by atoms with Crippen LogP contribution in [0.5, 0.6) is 5.75 Å². The third-order valence-electron chi connectivity index (χ3n) is 6.25. The summed E-state index contributed by atoms with van der Waals surface area (Å²) >= 11 is 0. The van der Waals surface area contributed by atoms with Gasteiger partial charge in [-0.1, -0.05) is 48.5 Å². The van der Waals surface area contributed by atoms with Crippen molar-refractivity contribution in [2.75, 3.05) is 50.8 Å². The maximum absolute atomic E-state index is 11.5. The molecule has 0 radical (unpaired) electrons. The van der Waals surface area contributed by atoms with Gasteiger partial charge in [0.2, 0.25) is 5.91 Å². The number of hydrogen-bond acceptors (Lipinski definition) is 4. The molecule has 0 bridgehead atoms. The lowest BCUT2D eigenvalue weighted by molar-refractivity contribution is -0.130. The van der Waals surface area contributed by atoms with Crippen LogP contribution < -0.4 is 9.64 Å². The molecule has 32 heavy (non-hydrogen) atoms. The van der Waals surface area contributed by atoms with Crippen molar-refractivity contribution in [2.24, 2.45) is 0 Å². The summed E-state index contributed by atoms with van der Waals surface area (Å²) in [7, 11) is 0. The van der Waals surface area contributed by atoms with Crippen LogP contribution in [0.15, 0.2) is 66.7 Å². The molecule has 0 aromatic heterocycles. The van der Waals surface area contributed by atoms with Crippen molar-refractivity contribution in [3.8, 4) is 5.75 Å². The Hall–Kier alpha value is -3.05. The third kappa shape index (κ3) is 5.40. The fourth-order valence-electron chi connectivity index (χ4n) is 4.38. The number of nitrogens with zero attached hydrogens (tertiary/aromatic N) is 3. The fraction of sp³-hybridized carbons (Fsp3) is 0.370. The van der Waals surface area contributed by atoms with Crippen molar-refractivity contribution in [1.29, 1.82) is 0 Å². The Labute approximate surface area is 191 Å². The predicted molar refractivity (Wildman–Crippen MR) is 131 cm³/mol. The first kappa shape index (κ1) is 22.2. The van der Waals surface area contributed by atoms with Crippen molar-refractivity contribution in [3.05, 3.63) is 72.3 Å². The van der Waals surface area contributed by atoms with E-state index in [1.807, 2.05) is 11.0 Å². The molecule has 0 atom stereocenters. The van der Waals surface area contributed by atoms with Crippen LogP contribution in [-0.4, -0.2) is 61.6 Å². The number of amides is 1. The Morgan fingerprint density at radius 1 is 0.969 bits per heavy atom. The fourth-order valence-corrected chi connectivity index (χ4v) is 4.38. The molecule has 3 aromatic carbocycles. The minimum atomic E-state index is 0.169. The van der Waals surface area contributed by atoms with Crippen molar-refractivity contribution >= 4 is 22.4 Å². The molecular formula is C27H33N3O2. The Morgan fingerprint density at radius 2 is 1.72 bits per heavy atom. The molecule has 5 heteroatoms. The van der Waals surface area contributed by atoms with E-state index in [0.29, 0.717) is 6.61 Å². The molecule has 3 aromatic rings. The Kier molecular flexibility index (Phi) is 7.28. The highest BCUT2D eigenvalue weighted by atomic mass is 16.5. The first-order valence-electron chi connectivity index (χ1n) is 11.6. The maximum atomic E-state index is 11.5. The molecule has 1 fully saturated rings. The van der Waals surface area contributed by atoms with Gasteiger partial charge in [-0.15, -0.1) is 0 Å². The molecule has 0 N–H and O–H groups in total. The van der Waals surface area contributed by atoms with Crippen molar-refractivity contribution in [2.45, 2.75) is 20.4 Å². The average molecular weight is 432 g/mol. The molecule has 0 saturated carbocycles. The van der Waals surface area contributed by atoms with E-state index >= 15 is 0 Å². The number of carbonyl (C=O) groups is 1. The second-order valence-corrected chi connectivity index (χ2v) is 8.36. The van der Waals surface area contributed by atoms with E-state index in [9.17, 15) is 4.79 Å². The summed E-state index contributed by atoms with van der Waals surface area (Å²) in [6.45, 7) is 10.6. The SMILES string of the molecule is CCN(Cc1cccc(OCCN2CCN(C(C)=O)CC2)c1)c1cccc2ccccc12. The number of rotatable bonds is 8. The third-order valence-corrected chi connectivity index (χ3v) is 6.25. The van der Waals surface area contributed by atoms with E-state index in [-0.39, 0.29) is 5.91 Å². The van der Waals surface area contributed by atoms with Gasteiger partial charge in [0.15, 0.2) is 0 Å². The largest absolute Gasteiger partial charge is 0.492 e. The minimum absolute atomic E-state index is 0.169. The lowest BCUT2D eigenvalue weighted by atomic mass is 10.1. The quantitative estimate of drug-likeness (QED) is 0.529. The van der Waals surface area contributed by atoms with Gasteiger partial charge >= 0.3 is 0 Å². The number of hydrogen-bond donors (Lipinski definition) is 0. The Morgan fingerprint density at radius 3 is 2.50 bits per heavy atom. The van der Waals surface area contributed by atoms with Crippen LogP contribution in [0.4, 0.5) is 5.69 Å². The molecule has 4 rings (SSSR count). The Balaban J connectivity index is 1.35. The molecule has 0 spiro atoms. The van der Waals surface area contributed by atoms with Gasteiger partial charge < -0.3 is 14.5 Å². The van der Waals surface area contributed by atoms with Crippen LogP contribution in [0.25, 0.3) is 10.8 Å². The summed E-state index contributed by atoms with van der Waals surface area (Å²) < 4.78 is 6.07. The zero-order chi connectivity index (χ0) is 22.3. The predicted octanol–water partition coefficient (Wildman–Crippen LogP) is 4.41. The van der Waals surface area contributed by atoms with Gasteiger partial charge in [0.05, 0.1) is 0 Å². The van der Waals surface area contributed by atoms with E-state index in [4.69, 9.17) is 4.74 Å². The summed E-state index contributed by atoms with van der Waals surface area (Å²) in [5, 5.41) is 2.55. The molecule has 1 saturated heterocycles. The number of fused-ring (bicyclic) bond motifs is 1. The van der Waals surface area contributed by atoms with Gasteiger partial charge in [0, 0.05) is 63.8 Å². The molecule has 1 aliphatic heterocycles. The molecule has 1 aliphatic rings. The molecule has 1 amide bonds. The maximum Gasteiger partial charge on any atom is 0.219 e. The highest BCUT2D eigenvalue weighted by Gasteiger charge is 2.18. The standard InChI is InChI=1S/C27H33N3O2/c1-3-29(27-13-7-10-24-9-4-5-12-26(24)27)21-23-8-6-11-25(20-23)32-19-18-28-14-16-30(17-15-28)22(2)31/h4-13,20H,3,14-19,21H2,1-2H3. The van der Waals surface area contributed by atoms with E-state index in [0.717, 1.165) is 51.6 Å². The van der Waals surface area contributed by atoms with Gasteiger partial charge in [-0.2, -0.15) is 0 Å². The normalized spacial score (nSPS) is 14.5. The van der Waals surface area contributed by atoms with E-state index in [2.05, 4.69) is 77.4 Å². The van der Waals surface area contributed by atoms with Crippen LogP contribution in [0.3, 0.4) is 0 Å². The van der Waals surface area contributed by atoms with Crippen LogP contribution in [0.1, 0.15) is 19.4 Å². The number of piperazine rings is 1. The first-order chi connectivity index (χ1) is 15.6. The van der Waals surface area contributed by atoms with Crippen LogP contribution >= 0.6 is 0 Å². The van der Waals surface area contributed by atoms with E-state index < -0.39 is 0 Å². The summed E-state index contributed by atoms with van der Waals surface area (Å²) in [5.41, 5.74) is 2.51. The van der Waals surface area contributed by atoms with Gasteiger partial charge in [-0.05, 0) is 36.1 Å².